The number of nitrogens with zero attached hydrogens (tertiary/aromatic N) is 2. The molecule has 21 heavy (non-hydrogen) atoms. The molecular weight excluding hydrogens is 262 g/mol. The maximum absolute atomic E-state index is 12.1. The predicted molar refractivity (Wildman–Crippen MR) is 83.2 cm³/mol. The molecule has 1 amide bonds. The lowest BCUT2D eigenvalue weighted by Gasteiger charge is -2.22. The van der Waals surface area contributed by atoms with Crippen LogP contribution in [0.4, 0.5) is 5.69 Å². The van der Waals surface area contributed by atoms with E-state index in [0.717, 1.165) is 36.5 Å². The third-order valence-corrected chi connectivity index (χ3v) is 4.08. The molecule has 0 aliphatic carbocycles. The first-order chi connectivity index (χ1) is 10.2. The SMILES string of the molecule is CCCCc1cnc(C2Cc3ccccc3N2C(C)=O)[nH]1. The number of benzene rings is 1. The minimum Gasteiger partial charge on any atom is -0.344 e. The maximum atomic E-state index is 12.1. The molecular formula is C17H21N3O. The average molecular weight is 283 g/mol. The number of nitrogens with one attached hydrogen (secondary N) is 1. The van der Waals surface area contributed by atoms with Gasteiger partial charge in [0.25, 0.3) is 0 Å². The third kappa shape index (κ3) is 2.58. The summed E-state index contributed by atoms with van der Waals surface area (Å²) in [6, 6.07) is 8.10. The number of fused-ring (bicyclic) bond motifs is 1. The molecule has 0 spiro atoms. The van der Waals surface area contributed by atoms with Crippen LogP contribution in [0.5, 0.6) is 0 Å². The zero-order valence-corrected chi connectivity index (χ0v) is 12.6. The van der Waals surface area contributed by atoms with Crippen LogP contribution in [0, 0.1) is 0 Å². The van der Waals surface area contributed by atoms with Gasteiger partial charge in [0, 0.05) is 30.9 Å². The van der Waals surface area contributed by atoms with Crippen molar-refractivity contribution in [2.24, 2.45) is 0 Å². The molecule has 1 aliphatic heterocycles. The van der Waals surface area contributed by atoms with Gasteiger partial charge in [-0.3, -0.25) is 4.79 Å². The smallest absolute Gasteiger partial charge is 0.224 e. The molecule has 110 valence electrons. The number of aromatic amines is 1. The quantitative estimate of drug-likeness (QED) is 0.935. The Morgan fingerprint density at radius 3 is 3.00 bits per heavy atom. The van der Waals surface area contributed by atoms with Crippen LogP contribution < -0.4 is 4.90 Å². The molecule has 1 atom stereocenters. The molecule has 2 heterocycles. The van der Waals surface area contributed by atoms with E-state index in [1.54, 1.807) is 6.92 Å². The van der Waals surface area contributed by atoms with Crippen molar-refractivity contribution >= 4 is 11.6 Å². The standard InChI is InChI=1S/C17H21N3O/c1-3-4-8-14-11-18-17(19-14)16-10-13-7-5-6-9-15(13)20(16)12(2)21/h5-7,9,11,16H,3-4,8,10H2,1-2H3,(H,18,19). The summed E-state index contributed by atoms with van der Waals surface area (Å²) < 4.78 is 0. The first-order valence-corrected chi connectivity index (χ1v) is 7.62. The second-order valence-electron chi connectivity index (χ2n) is 5.63. The number of H-pyrrole nitrogens is 1. The number of carbonyl (C=O) groups excluding carboxylic acids is 1. The number of para-hydroxylation sites is 1. The Morgan fingerprint density at radius 1 is 1.43 bits per heavy atom. The van der Waals surface area contributed by atoms with Crippen LogP contribution in [-0.2, 0) is 17.6 Å². The van der Waals surface area contributed by atoms with E-state index in [2.05, 4.69) is 23.0 Å². The number of hydrogen-bond acceptors (Lipinski definition) is 2. The fraction of sp³-hybridized carbons (Fsp3) is 0.412. The summed E-state index contributed by atoms with van der Waals surface area (Å²) in [5.41, 5.74) is 3.39. The van der Waals surface area contributed by atoms with Crippen LogP contribution in [0.1, 0.15) is 49.8 Å². The molecule has 0 fully saturated rings. The topological polar surface area (TPSA) is 49.0 Å². The maximum Gasteiger partial charge on any atom is 0.224 e. The Labute approximate surface area is 125 Å². The molecule has 4 nitrogen and oxygen atoms in total. The largest absolute Gasteiger partial charge is 0.344 e. The molecule has 2 aromatic rings. The third-order valence-electron chi connectivity index (χ3n) is 4.08. The number of aromatic nitrogens is 2. The van der Waals surface area contributed by atoms with Crippen LogP contribution in [0.2, 0.25) is 0 Å². The Hall–Kier alpha value is -2.10. The Bertz CT molecular complexity index is 647. The van der Waals surface area contributed by atoms with Crippen molar-refractivity contribution in [1.29, 1.82) is 0 Å². The number of aryl methyl sites for hydroxylation is 1. The first-order valence-electron chi connectivity index (χ1n) is 7.62. The summed E-state index contributed by atoms with van der Waals surface area (Å²) in [6.45, 7) is 3.80. The number of amides is 1. The summed E-state index contributed by atoms with van der Waals surface area (Å²) in [5.74, 6) is 0.962. The molecule has 0 saturated heterocycles. The molecule has 1 unspecified atom stereocenters. The van der Waals surface area contributed by atoms with Crippen LogP contribution in [0.3, 0.4) is 0 Å². The van der Waals surface area contributed by atoms with E-state index >= 15 is 0 Å². The Morgan fingerprint density at radius 2 is 2.24 bits per heavy atom. The van der Waals surface area contributed by atoms with Crippen molar-refractivity contribution < 1.29 is 4.79 Å². The minimum absolute atomic E-state index is 0.00437. The molecule has 3 rings (SSSR count). The molecule has 1 aromatic heterocycles. The minimum atomic E-state index is -0.00437. The number of carbonyl (C=O) groups is 1. The van der Waals surface area contributed by atoms with E-state index in [1.165, 1.54) is 12.0 Å². The summed E-state index contributed by atoms with van der Waals surface area (Å²) in [7, 11) is 0. The van der Waals surface area contributed by atoms with Gasteiger partial charge in [0.1, 0.15) is 5.82 Å². The molecule has 1 N–H and O–H groups in total. The van der Waals surface area contributed by atoms with E-state index in [9.17, 15) is 4.79 Å². The second kappa shape index (κ2) is 5.72. The number of unbranched alkanes of at least 4 members (excludes halogenated alkanes) is 1. The zero-order chi connectivity index (χ0) is 14.8. The van der Waals surface area contributed by atoms with Gasteiger partial charge in [-0.15, -0.1) is 0 Å². The molecule has 0 bridgehead atoms. The van der Waals surface area contributed by atoms with Crippen molar-refractivity contribution in [1.82, 2.24) is 9.97 Å². The normalized spacial score (nSPS) is 17.0. The lowest BCUT2D eigenvalue weighted by Crippen LogP contribution is -2.30. The van der Waals surface area contributed by atoms with Crippen LogP contribution >= 0.6 is 0 Å². The van der Waals surface area contributed by atoms with Crippen molar-refractivity contribution in [2.45, 2.75) is 45.6 Å². The van der Waals surface area contributed by atoms with Gasteiger partial charge in [-0.1, -0.05) is 31.5 Å². The van der Waals surface area contributed by atoms with Gasteiger partial charge in [0.15, 0.2) is 0 Å². The van der Waals surface area contributed by atoms with Crippen molar-refractivity contribution in [3.63, 3.8) is 0 Å². The highest BCUT2D eigenvalue weighted by atomic mass is 16.2. The van der Waals surface area contributed by atoms with E-state index in [0.29, 0.717) is 0 Å². The predicted octanol–water partition coefficient (Wildman–Crippen LogP) is 3.40. The first kappa shape index (κ1) is 13.9. The highest BCUT2D eigenvalue weighted by molar-refractivity contribution is 5.94. The highest BCUT2D eigenvalue weighted by Gasteiger charge is 2.34. The van der Waals surface area contributed by atoms with Gasteiger partial charge in [-0.05, 0) is 24.5 Å². The summed E-state index contributed by atoms with van der Waals surface area (Å²) in [6.07, 6.45) is 6.08. The van der Waals surface area contributed by atoms with Gasteiger partial charge in [0.2, 0.25) is 5.91 Å². The zero-order valence-electron chi connectivity index (χ0n) is 12.6. The van der Waals surface area contributed by atoms with Crippen molar-refractivity contribution in [2.75, 3.05) is 4.90 Å². The van der Waals surface area contributed by atoms with E-state index < -0.39 is 0 Å². The lowest BCUT2D eigenvalue weighted by molar-refractivity contribution is -0.117. The summed E-state index contributed by atoms with van der Waals surface area (Å²) in [4.78, 5) is 21.8. The molecule has 1 aliphatic rings. The fourth-order valence-corrected chi connectivity index (χ4v) is 3.03. The number of hydrogen-bond donors (Lipinski definition) is 1. The van der Waals surface area contributed by atoms with E-state index in [1.807, 2.05) is 29.3 Å². The monoisotopic (exact) mass is 283 g/mol. The molecule has 4 heteroatoms. The highest BCUT2D eigenvalue weighted by Crippen LogP contribution is 2.39. The lowest BCUT2D eigenvalue weighted by atomic mass is 10.1. The van der Waals surface area contributed by atoms with Gasteiger partial charge < -0.3 is 9.88 Å². The summed E-state index contributed by atoms with van der Waals surface area (Å²) in [5, 5.41) is 0. The molecule has 0 radical (unpaired) electrons. The van der Waals surface area contributed by atoms with Crippen LogP contribution in [0.25, 0.3) is 0 Å². The van der Waals surface area contributed by atoms with Crippen molar-refractivity contribution in [3.05, 3.63) is 47.5 Å². The second-order valence-corrected chi connectivity index (χ2v) is 5.63. The van der Waals surface area contributed by atoms with Gasteiger partial charge in [0.05, 0.1) is 6.04 Å². The molecule has 0 saturated carbocycles. The summed E-state index contributed by atoms with van der Waals surface area (Å²) >= 11 is 0. The Kier molecular flexibility index (Phi) is 3.78. The fourth-order valence-electron chi connectivity index (χ4n) is 3.03. The van der Waals surface area contributed by atoms with Crippen LogP contribution in [-0.4, -0.2) is 15.9 Å². The van der Waals surface area contributed by atoms with Gasteiger partial charge in [-0.2, -0.15) is 0 Å². The van der Waals surface area contributed by atoms with Crippen molar-refractivity contribution in [3.8, 4) is 0 Å². The Balaban J connectivity index is 1.88. The van der Waals surface area contributed by atoms with Crippen LogP contribution in [0.15, 0.2) is 30.5 Å². The molecule has 1 aromatic carbocycles. The van der Waals surface area contributed by atoms with E-state index in [4.69, 9.17) is 0 Å². The number of rotatable bonds is 4. The van der Waals surface area contributed by atoms with E-state index in [-0.39, 0.29) is 11.9 Å². The number of anilines is 1. The van der Waals surface area contributed by atoms with Gasteiger partial charge >= 0.3 is 0 Å². The van der Waals surface area contributed by atoms with Gasteiger partial charge in [-0.25, -0.2) is 4.98 Å². The average Bonchev–Trinajstić information content (AvgIpc) is 3.08. The number of imidazole rings is 1.